The second kappa shape index (κ2) is 8.34. The zero-order chi connectivity index (χ0) is 13.4. The molecule has 0 spiro atoms. The van der Waals surface area contributed by atoms with E-state index >= 15 is 0 Å². The van der Waals surface area contributed by atoms with Crippen LogP contribution < -0.4 is 16.0 Å². The smallest absolute Gasteiger partial charge is 0.234 e. The lowest BCUT2D eigenvalue weighted by molar-refractivity contribution is 0.0537. The Balaban J connectivity index is 2.42. The molecule has 0 aliphatic rings. The minimum atomic E-state index is 0.254. The summed E-state index contributed by atoms with van der Waals surface area (Å²) in [5, 5.41) is 0.641. The largest absolute Gasteiger partial charge is 0.474 e. The van der Waals surface area contributed by atoms with Crippen molar-refractivity contribution in [1.29, 1.82) is 0 Å². The SMILES string of the molecule is COCCOCCOc1nc(NN)c(Cl)cc1Cl. The predicted octanol–water partition coefficient (Wildman–Crippen LogP) is 1.72. The van der Waals surface area contributed by atoms with Crippen LogP contribution in [0.25, 0.3) is 0 Å². The summed E-state index contributed by atoms with van der Waals surface area (Å²) in [7, 11) is 1.61. The summed E-state index contributed by atoms with van der Waals surface area (Å²) in [6, 6.07) is 1.51. The molecule has 102 valence electrons. The van der Waals surface area contributed by atoms with Gasteiger partial charge >= 0.3 is 0 Å². The quantitative estimate of drug-likeness (QED) is 0.432. The number of halogens is 2. The van der Waals surface area contributed by atoms with E-state index in [4.69, 9.17) is 43.3 Å². The first-order chi connectivity index (χ1) is 8.69. The van der Waals surface area contributed by atoms with Crippen molar-refractivity contribution in [1.82, 2.24) is 4.98 Å². The van der Waals surface area contributed by atoms with E-state index in [1.54, 1.807) is 7.11 Å². The third-order valence-electron chi connectivity index (χ3n) is 1.93. The molecule has 0 saturated heterocycles. The first-order valence-corrected chi connectivity index (χ1v) is 5.96. The molecule has 0 aromatic carbocycles. The molecule has 0 aliphatic carbocycles. The number of nitrogen functional groups attached to an aromatic ring is 1. The summed E-state index contributed by atoms with van der Waals surface area (Å²) in [6.45, 7) is 1.79. The number of pyridine rings is 1. The maximum absolute atomic E-state index is 5.92. The fourth-order valence-corrected chi connectivity index (χ4v) is 1.56. The van der Waals surface area contributed by atoms with Gasteiger partial charge in [-0.05, 0) is 6.07 Å². The van der Waals surface area contributed by atoms with Crippen molar-refractivity contribution in [3.63, 3.8) is 0 Å². The molecule has 6 nitrogen and oxygen atoms in total. The molecule has 0 saturated carbocycles. The van der Waals surface area contributed by atoms with Crippen LogP contribution in [0.15, 0.2) is 6.07 Å². The topological polar surface area (TPSA) is 78.6 Å². The summed E-state index contributed by atoms with van der Waals surface area (Å²) in [5.74, 6) is 5.80. The van der Waals surface area contributed by atoms with Crippen molar-refractivity contribution >= 4 is 29.0 Å². The Hall–Kier alpha value is -0.790. The lowest BCUT2D eigenvalue weighted by Crippen LogP contribution is -2.13. The molecular formula is C10H15Cl2N3O3. The van der Waals surface area contributed by atoms with Gasteiger partial charge in [0.2, 0.25) is 5.88 Å². The summed E-state index contributed by atoms with van der Waals surface area (Å²) in [4.78, 5) is 4.02. The molecule has 0 fully saturated rings. The number of rotatable bonds is 8. The van der Waals surface area contributed by atoms with Gasteiger partial charge in [0.25, 0.3) is 0 Å². The summed E-state index contributed by atoms with van der Waals surface area (Å²) < 4.78 is 15.4. The Morgan fingerprint density at radius 3 is 2.61 bits per heavy atom. The van der Waals surface area contributed by atoms with Crippen LogP contribution in [-0.2, 0) is 9.47 Å². The Kier molecular flexibility index (Phi) is 7.07. The van der Waals surface area contributed by atoms with Crippen LogP contribution in [0, 0.1) is 0 Å². The molecule has 3 N–H and O–H groups in total. The van der Waals surface area contributed by atoms with Gasteiger partial charge in [-0.2, -0.15) is 4.98 Å². The third-order valence-corrected chi connectivity index (χ3v) is 2.49. The summed E-state index contributed by atoms with van der Waals surface area (Å²) in [5.41, 5.74) is 2.35. The van der Waals surface area contributed by atoms with Crippen molar-refractivity contribution in [3.05, 3.63) is 16.1 Å². The van der Waals surface area contributed by atoms with E-state index in [-0.39, 0.29) is 5.88 Å². The van der Waals surface area contributed by atoms with Crippen molar-refractivity contribution in [2.45, 2.75) is 0 Å². The molecule has 8 heteroatoms. The maximum Gasteiger partial charge on any atom is 0.234 e. The van der Waals surface area contributed by atoms with Gasteiger partial charge in [0.15, 0.2) is 5.82 Å². The van der Waals surface area contributed by atoms with Gasteiger partial charge in [0.05, 0.1) is 24.8 Å². The highest BCUT2D eigenvalue weighted by atomic mass is 35.5. The second-order valence-corrected chi connectivity index (χ2v) is 4.02. The molecule has 0 radical (unpaired) electrons. The highest BCUT2D eigenvalue weighted by Crippen LogP contribution is 2.30. The van der Waals surface area contributed by atoms with Crippen molar-refractivity contribution < 1.29 is 14.2 Å². The molecule has 1 heterocycles. The molecule has 0 unspecified atom stereocenters. The number of nitrogens with zero attached hydrogens (tertiary/aromatic N) is 1. The number of hydrogen-bond donors (Lipinski definition) is 2. The van der Waals surface area contributed by atoms with Crippen LogP contribution in [0.4, 0.5) is 5.82 Å². The zero-order valence-corrected chi connectivity index (χ0v) is 11.4. The van der Waals surface area contributed by atoms with Crippen molar-refractivity contribution in [2.24, 2.45) is 5.84 Å². The average molecular weight is 296 g/mol. The van der Waals surface area contributed by atoms with E-state index in [2.05, 4.69) is 10.4 Å². The number of nitrogens with two attached hydrogens (primary N) is 1. The number of ether oxygens (including phenoxy) is 3. The number of anilines is 1. The lowest BCUT2D eigenvalue weighted by atomic mass is 10.4. The molecule has 0 atom stereocenters. The monoisotopic (exact) mass is 295 g/mol. The van der Waals surface area contributed by atoms with Crippen molar-refractivity contribution in [3.8, 4) is 5.88 Å². The van der Waals surface area contributed by atoms with Gasteiger partial charge in [-0.1, -0.05) is 23.2 Å². The van der Waals surface area contributed by atoms with Gasteiger partial charge < -0.3 is 19.6 Å². The first-order valence-electron chi connectivity index (χ1n) is 5.21. The average Bonchev–Trinajstić information content (AvgIpc) is 2.36. The Labute approximate surface area is 115 Å². The van der Waals surface area contributed by atoms with E-state index in [0.717, 1.165) is 0 Å². The second-order valence-electron chi connectivity index (χ2n) is 3.20. The highest BCUT2D eigenvalue weighted by Gasteiger charge is 2.09. The molecule has 1 aromatic rings. The van der Waals surface area contributed by atoms with Gasteiger partial charge in [-0.3, -0.25) is 0 Å². The standard InChI is InChI=1S/C10H15Cl2N3O3/c1-16-2-3-17-4-5-18-10-8(12)6-7(11)9(14-10)15-13/h6H,2-5,13H2,1H3,(H,14,15). The molecule has 0 aliphatic heterocycles. The van der Waals surface area contributed by atoms with Crippen LogP contribution >= 0.6 is 23.2 Å². The molecule has 0 bridgehead atoms. The number of aromatic nitrogens is 1. The molecule has 1 rings (SSSR count). The van der Waals surface area contributed by atoms with Gasteiger partial charge in [0.1, 0.15) is 11.6 Å². The predicted molar refractivity (Wildman–Crippen MR) is 70.3 cm³/mol. The van der Waals surface area contributed by atoms with Crippen LogP contribution in [0.2, 0.25) is 10.0 Å². The number of methoxy groups -OCH3 is 1. The lowest BCUT2D eigenvalue weighted by Gasteiger charge is -2.10. The van der Waals surface area contributed by atoms with Gasteiger partial charge in [0, 0.05) is 7.11 Å². The first kappa shape index (κ1) is 15.3. The number of hydrogen-bond acceptors (Lipinski definition) is 6. The van der Waals surface area contributed by atoms with E-state index in [0.29, 0.717) is 42.3 Å². The van der Waals surface area contributed by atoms with Crippen LogP contribution in [0.5, 0.6) is 5.88 Å². The van der Waals surface area contributed by atoms with E-state index < -0.39 is 0 Å². The Bertz CT molecular complexity index is 380. The van der Waals surface area contributed by atoms with E-state index in [1.165, 1.54) is 6.07 Å². The molecule has 18 heavy (non-hydrogen) atoms. The Morgan fingerprint density at radius 2 is 1.94 bits per heavy atom. The molecule has 1 aromatic heterocycles. The summed E-state index contributed by atoms with van der Waals surface area (Å²) >= 11 is 11.8. The van der Waals surface area contributed by atoms with Gasteiger partial charge in [-0.15, -0.1) is 0 Å². The Morgan fingerprint density at radius 1 is 1.22 bits per heavy atom. The minimum Gasteiger partial charge on any atom is -0.474 e. The van der Waals surface area contributed by atoms with Crippen LogP contribution in [0.1, 0.15) is 0 Å². The maximum atomic E-state index is 5.92. The third kappa shape index (κ3) is 4.83. The van der Waals surface area contributed by atoms with Crippen molar-refractivity contribution in [2.75, 3.05) is 39.0 Å². The number of hydrazine groups is 1. The van der Waals surface area contributed by atoms with Crippen LogP contribution in [0.3, 0.4) is 0 Å². The normalized spacial score (nSPS) is 10.4. The van der Waals surface area contributed by atoms with E-state index in [9.17, 15) is 0 Å². The highest BCUT2D eigenvalue weighted by molar-refractivity contribution is 6.36. The summed E-state index contributed by atoms with van der Waals surface area (Å²) in [6.07, 6.45) is 0. The number of nitrogens with one attached hydrogen (secondary N) is 1. The fourth-order valence-electron chi connectivity index (χ4n) is 1.09. The minimum absolute atomic E-state index is 0.254. The van der Waals surface area contributed by atoms with Crippen LogP contribution in [-0.4, -0.2) is 38.5 Å². The molecule has 0 amide bonds. The van der Waals surface area contributed by atoms with Gasteiger partial charge in [-0.25, -0.2) is 5.84 Å². The fraction of sp³-hybridized carbons (Fsp3) is 0.500. The zero-order valence-electron chi connectivity index (χ0n) is 9.91. The van der Waals surface area contributed by atoms with E-state index in [1.807, 2.05) is 0 Å². The molecular weight excluding hydrogens is 281 g/mol.